The van der Waals surface area contributed by atoms with E-state index in [4.69, 9.17) is 5.73 Å². The Bertz CT molecular complexity index is 492. The molecule has 2 N–H and O–H groups in total. The maximum Gasteiger partial charge on any atom is 0.131 e. The van der Waals surface area contributed by atoms with E-state index in [1.54, 1.807) is 12.3 Å². The van der Waals surface area contributed by atoms with E-state index in [2.05, 4.69) is 4.98 Å². The highest BCUT2D eigenvalue weighted by atomic mass is 19.1. The van der Waals surface area contributed by atoms with Crippen molar-refractivity contribution in [3.05, 3.63) is 53.6 Å². The molecule has 2 rings (SSSR count). The Morgan fingerprint density at radius 2 is 2.06 bits per heavy atom. The average molecular weight is 216 g/mol. The van der Waals surface area contributed by atoms with Crippen molar-refractivity contribution in [1.82, 2.24) is 4.98 Å². The topological polar surface area (TPSA) is 38.9 Å². The summed E-state index contributed by atoms with van der Waals surface area (Å²) >= 11 is 0. The maximum atomic E-state index is 13.7. The molecular formula is C13H13FN2. The first-order chi connectivity index (χ1) is 7.70. The van der Waals surface area contributed by atoms with Gasteiger partial charge in [0.1, 0.15) is 5.82 Å². The van der Waals surface area contributed by atoms with Gasteiger partial charge in [0.05, 0.1) is 0 Å². The van der Waals surface area contributed by atoms with E-state index >= 15 is 0 Å². The van der Waals surface area contributed by atoms with Crippen LogP contribution in [0.4, 0.5) is 4.39 Å². The van der Waals surface area contributed by atoms with Gasteiger partial charge in [0.2, 0.25) is 0 Å². The van der Waals surface area contributed by atoms with Crippen LogP contribution in [-0.4, -0.2) is 4.98 Å². The molecule has 0 amide bonds. The van der Waals surface area contributed by atoms with E-state index in [9.17, 15) is 4.39 Å². The van der Waals surface area contributed by atoms with Crippen LogP contribution in [0.2, 0.25) is 0 Å². The van der Waals surface area contributed by atoms with Gasteiger partial charge in [-0.1, -0.05) is 18.2 Å². The molecule has 16 heavy (non-hydrogen) atoms. The smallest absolute Gasteiger partial charge is 0.131 e. The lowest BCUT2D eigenvalue weighted by atomic mass is 10.0. The quantitative estimate of drug-likeness (QED) is 0.838. The number of halogens is 1. The van der Waals surface area contributed by atoms with Crippen LogP contribution in [0, 0.1) is 12.7 Å². The Morgan fingerprint density at radius 1 is 1.25 bits per heavy atom. The zero-order chi connectivity index (χ0) is 11.5. The highest BCUT2D eigenvalue weighted by Crippen LogP contribution is 2.22. The van der Waals surface area contributed by atoms with Gasteiger partial charge in [-0.3, -0.25) is 4.98 Å². The number of nitrogens with two attached hydrogens (primary N) is 1. The first-order valence-corrected chi connectivity index (χ1v) is 5.12. The standard InChI is InChI=1S/C13H13FN2/c1-9-2-4-11(8-16-9)12-5-3-10(7-15)6-13(12)14/h2-6,8H,7,15H2,1H3. The third-order valence-electron chi connectivity index (χ3n) is 2.49. The van der Waals surface area contributed by atoms with Crippen molar-refractivity contribution < 1.29 is 4.39 Å². The fourth-order valence-electron chi connectivity index (χ4n) is 1.55. The predicted molar refractivity (Wildman–Crippen MR) is 62.3 cm³/mol. The van der Waals surface area contributed by atoms with Crippen molar-refractivity contribution in [2.24, 2.45) is 5.73 Å². The number of benzene rings is 1. The van der Waals surface area contributed by atoms with Crippen LogP contribution in [0.25, 0.3) is 11.1 Å². The molecule has 0 unspecified atom stereocenters. The second-order valence-electron chi connectivity index (χ2n) is 3.71. The molecule has 0 spiro atoms. The van der Waals surface area contributed by atoms with Crippen LogP contribution in [-0.2, 0) is 6.54 Å². The summed E-state index contributed by atoms with van der Waals surface area (Å²) in [4.78, 5) is 4.15. The first-order valence-electron chi connectivity index (χ1n) is 5.12. The van der Waals surface area contributed by atoms with Crippen molar-refractivity contribution in [2.45, 2.75) is 13.5 Å². The van der Waals surface area contributed by atoms with Gasteiger partial charge in [0, 0.05) is 29.6 Å². The molecular weight excluding hydrogens is 203 g/mol. The molecule has 0 aliphatic rings. The molecule has 1 aromatic carbocycles. The molecule has 82 valence electrons. The molecule has 0 saturated heterocycles. The number of hydrogen-bond acceptors (Lipinski definition) is 2. The number of aromatic nitrogens is 1. The lowest BCUT2D eigenvalue weighted by Gasteiger charge is -2.05. The number of rotatable bonds is 2. The van der Waals surface area contributed by atoms with Gasteiger partial charge in [-0.15, -0.1) is 0 Å². The zero-order valence-corrected chi connectivity index (χ0v) is 9.07. The largest absolute Gasteiger partial charge is 0.326 e. The Kier molecular flexibility index (Phi) is 2.97. The molecule has 0 atom stereocenters. The molecule has 2 nitrogen and oxygen atoms in total. The van der Waals surface area contributed by atoms with E-state index in [0.717, 1.165) is 16.8 Å². The molecule has 0 radical (unpaired) electrons. The summed E-state index contributed by atoms with van der Waals surface area (Å²) in [6.45, 7) is 2.25. The van der Waals surface area contributed by atoms with Crippen LogP contribution < -0.4 is 5.73 Å². The van der Waals surface area contributed by atoms with Gasteiger partial charge in [0.15, 0.2) is 0 Å². The van der Waals surface area contributed by atoms with E-state index in [1.807, 2.05) is 25.1 Å². The van der Waals surface area contributed by atoms with Crippen LogP contribution >= 0.6 is 0 Å². The molecule has 1 heterocycles. The second-order valence-corrected chi connectivity index (χ2v) is 3.71. The van der Waals surface area contributed by atoms with Gasteiger partial charge in [-0.2, -0.15) is 0 Å². The summed E-state index contributed by atoms with van der Waals surface area (Å²) < 4.78 is 13.7. The Hall–Kier alpha value is -1.74. The minimum Gasteiger partial charge on any atom is -0.326 e. The normalized spacial score (nSPS) is 10.4. The Labute approximate surface area is 93.9 Å². The fourth-order valence-corrected chi connectivity index (χ4v) is 1.55. The summed E-state index contributed by atoms with van der Waals surface area (Å²) in [5.74, 6) is -0.256. The van der Waals surface area contributed by atoms with Gasteiger partial charge in [-0.25, -0.2) is 4.39 Å². The molecule has 0 aliphatic heterocycles. The van der Waals surface area contributed by atoms with E-state index in [-0.39, 0.29) is 5.82 Å². The average Bonchev–Trinajstić information content (AvgIpc) is 2.30. The minimum absolute atomic E-state index is 0.256. The van der Waals surface area contributed by atoms with Gasteiger partial charge in [-0.05, 0) is 24.6 Å². The third kappa shape index (κ3) is 2.09. The lowest BCUT2D eigenvalue weighted by Crippen LogP contribution is -1.97. The number of nitrogens with zero attached hydrogens (tertiary/aromatic N) is 1. The van der Waals surface area contributed by atoms with Crippen molar-refractivity contribution in [2.75, 3.05) is 0 Å². The molecule has 0 saturated carbocycles. The zero-order valence-electron chi connectivity index (χ0n) is 9.07. The van der Waals surface area contributed by atoms with Crippen molar-refractivity contribution in [3.63, 3.8) is 0 Å². The third-order valence-corrected chi connectivity index (χ3v) is 2.49. The van der Waals surface area contributed by atoms with E-state index in [0.29, 0.717) is 12.1 Å². The lowest BCUT2D eigenvalue weighted by molar-refractivity contribution is 0.629. The SMILES string of the molecule is Cc1ccc(-c2ccc(CN)cc2F)cn1. The summed E-state index contributed by atoms with van der Waals surface area (Å²) in [7, 11) is 0. The molecule has 0 aliphatic carbocycles. The van der Waals surface area contributed by atoms with Gasteiger partial charge < -0.3 is 5.73 Å². The summed E-state index contributed by atoms with van der Waals surface area (Å²) in [5, 5.41) is 0. The van der Waals surface area contributed by atoms with Crippen LogP contribution in [0.5, 0.6) is 0 Å². The van der Waals surface area contributed by atoms with Crippen LogP contribution in [0.3, 0.4) is 0 Å². The second kappa shape index (κ2) is 4.41. The van der Waals surface area contributed by atoms with Crippen molar-refractivity contribution in [1.29, 1.82) is 0 Å². The summed E-state index contributed by atoms with van der Waals surface area (Å²) in [5.41, 5.74) is 8.50. The predicted octanol–water partition coefficient (Wildman–Crippen LogP) is 2.65. The van der Waals surface area contributed by atoms with Gasteiger partial charge in [0.25, 0.3) is 0 Å². The van der Waals surface area contributed by atoms with E-state index < -0.39 is 0 Å². The van der Waals surface area contributed by atoms with Crippen molar-refractivity contribution in [3.8, 4) is 11.1 Å². The highest BCUT2D eigenvalue weighted by molar-refractivity contribution is 5.63. The first kappa shape index (κ1) is 10.8. The van der Waals surface area contributed by atoms with Crippen molar-refractivity contribution >= 4 is 0 Å². The molecule has 2 aromatic rings. The van der Waals surface area contributed by atoms with Gasteiger partial charge >= 0.3 is 0 Å². The number of pyridine rings is 1. The monoisotopic (exact) mass is 216 g/mol. The summed E-state index contributed by atoms with van der Waals surface area (Å²) in [6, 6.07) is 8.77. The molecule has 0 fully saturated rings. The minimum atomic E-state index is -0.256. The van der Waals surface area contributed by atoms with Crippen LogP contribution in [0.1, 0.15) is 11.3 Å². The Morgan fingerprint density at radius 3 is 2.62 bits per heavy atom. The highest BCUT2D eigenvalue weighted by Gasteiger charge is 2.05. The fraction of sp³-hybridized carbons (Fsp3) is 0.154. The number of aryl methyl sites for hydroxylation is 1. The molecule has 0 bridgehead atoms. The van der Waals surface area contributed by atoms with E-state index in [1.165, 1.54) is 6.07 Å². The molecule has 1 aromatic heterocycles. The van der Waals surface area contributed by atoms with Crippen LogP contribution in [0.15, 0.2) is 36.5 Å². The maximum absolute atomic E-state index is 13.7. The summed E-state index contributed by atoms with van der Waals surface area (Å²) in [6.07, 6.45) is 1.68. The Balaban J connectivity index is 2.44. The number of hydrogen-bond donors (Lipinski definition) is 1. The molecule has 3 heteroatoms.